The van der Waals surface area contributed by atoms with E-state index in [-0.39, 0.29) is 24.8 Å². The first kappa shape index (κ1) is 22.5. The van der Waals surface area contributed by atoms with Gasteiger partial charge in [-0.05, 0) is 35.9 Å². The summed E-state index contributed by atoms with van der Waals surface area (Å²) in [5.41, 5.74) is 1.98. The Bertz CT molecular complexity index is 1580. The molecule has 4 amide bonds. The van der Waals surface area contributed by atoms with E-state index in [2.05, 4.69) is 20.6 Å². The molecule has 0 unspecified atom stereocenters. The van der Waals surface area contributed by atoms with Gasteiger partial charge in [0.2, 0.25) is 5.88 Å². The lowest BCUT2D eigenvalue weighted by Crippen LogP contribution is -2.52. The van der Waals surface area contributed by atoms with Crippen LogP contribution in [0.25, 0.3) is 22.4 Å². The Balaban J connectivity index is 1.36. The largest absolute Gasteiger partial charge is 0.497 e. The van der Waals surface area contributed by atoms with E-state index in [0.717, 1.165) is 11.1 Å². The average molecular weight is 499 g/mol. The highest BCUT2D eigenvalue weighted by atomic mass is 16.5. The van der Waals surface area contributed by atoms with E-state index >= 15 is 0 Å². The summed E-state index contributed by atoms with van der Waals surface area (Å²) in [6.07, 6.45) is 1.64. The van der Waals surface area contributed by atoms with Gasteiger partial charge in [-0.1, -0.05) is 6.07 Å². The summed E-state index contributed by atoms with van der Waals surface area (Å²) in [6, 6.07) is 13.3. The maximum atomic E-state index is 13.2. The number of nitrogens with one attached hydrogen (secondary N) is 2. The number of hydrogen-bond donors (Lipinski definition) is 2. The molecule has 37 heavy (non-hydrogen) atoms. The van der Waals surface area contributed by atoms with Gasteiger partial charge in [0.1, 0.15) is 17.0 Å². The zero-order chi connectivity index (χ0) is 25.7. The van der Waals surface area contributed by atoms with Gasteiger partial charge in [-0.15, -0.1) is 0 Å². The zero-order valence-electron chi connectivity index (χ0n) is 19.9. The quantitative estimate of drug-likeness (QED) is 0.387. The molecule has 1 atom stereocenters. The number of methoxy groups -OCH3 is 2. The summed E-state index contributed by atoms with van der Waals surface area (Å²) in [5, 5.41) is 4.97. The van der Waals surface area contributed by atoms with E-state index < -0.39 is 17.5 Å². The van der Waals surface area contributed by atoms with Crippen molar-refractivity contribution in [3.05, 3.63) is 71.6 Å². The van der Waals surface area contributed by atoms with Gasteiger partial charge in [0.15, 0.2) is 11.1 Å². The van der Waals surface area contributed by atoms with E-state index in [4.69, 9.17) is 13.9 Å². The molecule has 6 rings (SSSR count). The third kappa shape index (κ3) is 3.63. The highest BCUT2D eigenvalue weighted by molar-refractivity contribution is 6.08. The van der Waals surface area contributed by atoms with E-state index in [0.29, 0.717) is 34.0 Å². The van der Waals surface area contributed by atoms with Crippen LogP contribution in [0.2, 0.25) is 0 Å². The number of furan rings is 1. The molecular weight excluding hydrogens is 478 g/mol. The fourth-order valence-electron chi connectivity index (χ4n) is 4.68. The molecule has 3 aromatic heterocycles. The first-order chi connectivity index (χ1) is 17.9. The van der Waals surface area contributed by atoms with Crippen LogP contribution in [0.1, 0.15) is 21.7 Å². The van der Waals surface area contributed by atoms with Gasteiger partial charge >= 0.3 is 6.03 Å². The average Bonchev–Trinajstić information content (AvgIpc) is 3.57. The maximum absolute atomic E-state index is 13.2. The second kappa shape index (κ2) is 8.33. The topological polar surface area (TPSA) is 136 Å². The minimum atomic E-state index is -1.62. The molecule has 0 aliphatic carbocycles. The Morgan fingerprint density at radius 3 is 2.62 bits per heavy atom. The van der Waals surface area contributed by atoms with Gasteiger partial charge in [-0.2, -0.15) is 0 Å². The van der Waals surface area contributed by atoms with Crippen LogP contribution in [0, 0.1) is 0 Å². The number of pyridine rings is 2. The summed E-state index contributed by atoms with van der Waals surface area (Å²) >= 11 is 0. The smallest absolute Gasteiger partial charge is 0.322 e. The van der Waals surface area contributed by atoms with Gasteiger partial charge in [0, 0.05) is 36.0 Å². The van der Waals surface area contributed by atoms with Gasteiger partial charge < -0.3 is 24.1 Å². The molecular formula is C26H21N5O6. The van der Waals surface area contributed by atoms with Crippen LogP contribution >= 0.6 is 0 Å². The fourth-order valence-corrected chi connectivity index (χ4v) is 4.68. The molecule has 0 spiro atoms. The van der Waals surface area contributed by atoms with Crippen molar-refractivity contribution in [1.29, 1.82) is 0 Å². The second-order valence-electron chi connectivity index (χ2n) is 8.78. The number of imide groups is 1. The second-order valence-corrected chi connectivity index (χ2v) is 8.78. The van der Waals surface area contributed by atoms with Crippen molar-refractivity contribution in [3.63, 3.8) is 0 Å². The molecule has 2 N–H and O–H groups in total. The molecule has 2 aliphatic heterocycles. The normalized spacial score (nSPS) is 18.6. The summed E-state index contributed by atoms with van der Waals surface area (Å²) in [4.78, 5) is 49.0. The van der Waals surface area contributed by atoms with Gasteiger partial charge in [-0.25, -0.2) is 14.8 Å². The minimum Gasteiger partial charge on any atom is -0.497 e. The predicted octanol–water partition coefficient (Wildman–Crippen LogP) is 2.60. The standard InChI is InChI=1S/C26H21N5O6/c1-35-16-5-3-15-12-31(23(32)17(15)9-16)13-26(24(33)29-25(34)30-26)21-10-19-20(37-21)7-6-18(28-19)14-4-8-22(36-2)27-11-14/h3-11H,12-13H2,1-2H3,(H2,29,30,33,34)/t26-/m0/s1. The molecule has 0 radical (unpaired) electrons. The Labute approximate surface area is 210 Å². The van der Waals surface area contributed by atoms with Crippen molar-refractivity contribution in [2.45, 2.75) is 12.1 Å². The lowest BCUT2D eigenvalue weighted by Gasteiger charge is -2.28. The van der Waals surface area contributed by atoms with Gasteiger partial charge in [-0.3, -0.25) is 14.9 Å². The van der Waals surface area contributed by atoms with E-state index in [1.807, 2.05) is 12.1 Å². The van der Waals surface area contributed by atoms with Crippen LogP contribution in [0.15, 0.2) is 59.1 Å². The highest BCUT2D eigenvalue weighted by Gasteiger charge is 2.53. The lowest BCUT2D eigenvalue weighted by atomic mass is 9.95. The molecule has 1 fully saturated rings. The first-order valence-corrected chi connectivity index (χ1v) is 11.4. The number of urea groups is 1. The highest BCUT2D eigenvalue weighted by Crippen LogP contribution is 2.35. The van der Waals surface area contributed by atoms with E-state index in [1.54, 1.807) is 49.7 Å². The molecule has 2 aliphatic rings. The minimum absolute atomic E-state index is 0.129. The van der Waals surface area contributed by atoms with Crippen LogP contribution in [0.5, 0.6) is 11.6 Å². The van der Waals surface area contributed by atoms with Gasteiger partial charge in [0.05, 0.1) is 26.5 Å². The van der Waals surface area contributed by atoms with Gasteiger partial charge in [0.25, 0.3) is 11.8 Å². The number of fused-ring (bicyclic) bond motifs is 2. The maximum Gasteiger partial charge on any atom is 0.322 e. The summed E-state index contributed by atoms with van der Waals surface area (Å²) in [6.45, 7) is 0.144. The number of nitrogens with zero attached hydrogens (tertiary/aromatic N) is 3. The molecule has 4 aromatic rings. The Morgan fingerprint density at radius 2 is 1.92 bits per heavy atom. The number of carbonyl (C=O) groups is 3. The molecule has 5 heterocycles. The summed E-state index contributed by atoms with van der Waals surface area (Å²) < 4.78 is 16.4. The molecule has 1 saturated heterocycles. The fraction of sp³-hybridized carbons (Fsp3) is 0.192. The number of aromatic nitrogens is 2. The van der Waals surface area contributed by atoms with Crippen LogP contribution in [-0.4, -0.2) is 53.5 Å². The number of hydrogen-bond acceptors (Lipinski definition) is 8. The SMILES string of the molecule is COc1ccc2c(c1)C(=O)N(C[C@@]1(c3cc4nc(-c5ccc(OC)nc5)ccc4o3)NC(=O)NC1=O)C2. The number of carbonyl (C=O) groups excluding carboxylic acids is 3. The monoisotopic (exact) mass is 499 g/mol. The van der Waals surface area contributed by atoms with Crippen LogP contribution in [0.3, 0.4) is 0 Å². The zero-order valence-corrected chi connectivity index (χ0v) is 19.9. The van der Waals surface area contributed by atoms with Crippen molar-refractivity contribution in [2.24, 2.45) is 0 Å². The molecule has 0 bridgehead atoms. The Kier molecular flexibility index (Phi) is 5.07. The van der Waals surface area contributed by atoms with Crippen LogP contribution < -0.4 is 20.1 Å². The third-order valence-electron chi connectivity index (χ3n) is 6.60. The summed E-state index contributed by atoms with van der Waals surface area (Å²) in [7, 11) is 3.07. The van der Waals surface area contributed by atoms with E-state index in [1.165, 1.54) is 12.0 Å². The third-order valence-corrected chi connectivity index (χ3v) is 6.60. The molecule has 11 heteroatoms. The van der Waals surface area contributed by atoms with Crippen molar-refractivity contribution >= 4 is 28.9 Å². The Hall–Kier alpha value is -4.93. The number of ether oxygens (including phenoxy) is 2. The van der Waals surface area contributed by atoms with Crippen LogP contribution in [0.4, 0.5) is 4.79 Å². The van der Waals surface area contributed by atoms with Crippen molar-refractivity contribution in [3.8, 4) is 22.9 Å². The molecule has 0 saturated carbocycles. The number of rotatable bonds is 6. The summed E-state index contributed by atoms with van der Waals surface area (Å²) in [5.74, 6) is 0.326. The molecule has 186 valence electrons. The van der Waals surface area contributed by atoms with Crippen LogP contribution in [-0.2, 0) is 16.9 Å². The molecule has 1 aromatic carbocycles. The first-order valence-electron chi connectivity index (χ1n) is 11.4. The lowest BCUT2D eigenvalue weighted by molar-refractivity contribution is -0.125. The Morgan fingerprint density at radius 1 is 1.05 bits per heavy atom. The van der Waals surface area contributed by atoms with Crippen molar-refractivity contribution < 1.29 is 28.3 Å². The van der Waals surface area contributed by atoms with Crippen molar-refractivity contribution in [2.75, 3.05) is 20.8 Å². The van der Waals surface area contributed by atoms with E-state index in [9.17, 15) is 14.4 Å². The van der Waals surface area contributed by atoms with Crippen molar-refractivity contribution in [1.82, 2.24) is 25.5 Å². The molecule has 11 nitrogen and oxygen atoms in total. The predicted molar refractivity (Wildman–Crippen MR) is 130 cm³/mol. The number of benzene rings is 1. The number of amides is 4.